The van der Waals surface area contributed by atoms with Gasteiger partial charge in [0.2, 0.25) is 5.91 Å². The molecule has 2 N–H and O–H groups in total. The number of ether oxygens (including phenoxy) is 1. The highest BCUT2D eigenvalue weighted by Crippen LogP contribution is 2.06. The van der Waals surface area contributed by atoms with Crippen molar-refractivity contribution >= 4 is 29.4 Å². The molecule has 2 aromatic rings. The predicted octanol–water partition coefficient (Wildman–Crippen LogP) is 2.84. The Bertz CT molecular complexity index is 784. The molecule has 0 saturated heterocycles. The number of alkyl carbamates (subject to hydrolysis) is 1. The molecule has 0 saturated carbocycles. The zero-order chi connectivity index (χ0) is 20.4. The van der Waals surface area contributed by atoms with Crippen LogP contribution in [0.3, 0.4) is 0 Å². The zero-order valence-corrected chi connectivity index (χ0v) is 16.3. The van der Waals surface area contributed by atoms with Gasteiger partial charge in [-0.05, 0) is 24.5 Å². The van der Waals surface area contributed by atoms with Crippen molar-refractivity contribution in [3.8, 4) is 0 Å². The van der Waals surface area contributed by atoms with Crippen molar-refractivity contribution in [1.82, 2.24) is 10.6 Å². The molecule has 0 aliphatic carbocycles. The molecule has 0 aromatic heterocycles. The summed E-state index contributed by atoms with van der Waals surface area (Å²) in [4.78, 5) is 36.4. The number of carbonyl (C=O) groups excluding carboxylic acids is 3. The third-order valence-corrected chi connectivity index (χ3v) is 4.32. The van der Waals surface area contributed by atoms with Crippen molar-refractivity contribution < 1.29 is 19.1 Å². The van der Waals surface area contributed by atoms with Gasteiger partial charge in [0.15, 0.2) is 5.78 Å². The minimum absolute atomic E-state index is 0.0996. The van der Waals surface area contributed by atoms with Crippen LogP contribution < -0.4 is 10.6 Å². The lowest BCUT2D eigenvalue weighted by molar-refractivity contribution is -0.127. The number of rotatable bonds is 9. The largest absolute Gasteiger partial charge is 0.445 e. The monoisotopic (exact) mass is 402 g/mol. The van der Waals surface area contributed by atoms with E-state index in [4.69, 9.17) is 16.3 Å². The summed E-state index contributed by atoms with van der Waals surface area (Å²) in [6.07, 6.45) is -0.390. The highest BCUT2D eigenvalue weighted by molar-refractivity contribution is 6.28. The van der Waals surface area contributed by atoms with Gasteiger partial charge >= 0.3 is 6.09 Å². The molecule has 7 heteroatoms. The Balaban J connectivity index is 1.87. The quantitative estimate of drug-likeness (QED) is 0.631. The van der Waals surface area contributed by atoms with E-state index in [0.717, 1.165) is 11.1 Å². The van der Waals surface area contributed by atoms with Crippen LogP contribution >= 0.6 is 11.6 Å². The molecule has 148 valence electrons. The number of hydrogen-bond acceptors (Lipinski definition) is 4. The average molecular weight is 403 g/mol. The van der Waals surface area contributed by atoms with Gasteiger partial charge in [0.05, 0.1) is 11.9 Å². The number of carbonyl (C=O) groups is 3. The Kier molecular flexibility index (Phi) is 8.49. The van der Waals surface area contributed by atoms with Gasteiger partial charge in [-0.2, -0.15) is 0 Å². The molecule has 2 amide bonds. The number of hydrogen-bond donors (Lipinski definition) is 2. The van der Waals surface area contributed by atoms with Crippen LogP contribution in [-0.2, 0) is 27.4 Å². The number of benzene rings is 2. The maximum absolute atomic E-state index is 12.4. The van der Waals surface area contributed by atoms with Crippen molar-refractivity contribution in [3.63, 3.8) is 0 Å². The van der Waals surface area contributed by atoms with Gasteiger partial charge in [0.1, 0.15) is 12.6 Å². The Morgan fingerprint density at radius 3 is 2.07 bits per heavy atom. The lowest BCUT2D eigenvalue weighted by Crippen LogP contribution is -2.51. The number of ketones is 1. The molecule has 2 atom stereocenters. The Morgan fingerprint density at radius 1 is 0.929 bits per heavy atom. The third kappa shape index (κ3) is 7.04. The maximum Gasteiger partial charge on any atom is 0.408 e. The second-order valence-corrected chi connectivity index (χ2v) is 6.55. The van der Waals surface area contributed by atoms with E-state index in [1.165, 1.54) is 6.92 Å². The topological polar surface area (TPSA) is 84.5 Å². The van der Waals surface area contributed by atoms with E-state index in [0.29, 0.717) is 6.42 Å². The van der Waals surface area contributed by atoms with E-state index < -0.39 is 24.1 Å². The van der Waals surface area contributed by atoms with E-state index in [-0.39, 0.29) is 18.3 Å². The summed E-state index contributed by atoms with van der Waals surface area (Å²) in [6, 6.07) is 16.9. The van der Waals surface area contributed by atoms with Crippen molar-refractivity contribution in [2.45, 2.75) is 32.0 Å². The number of halogens is 1. The van der Waals surface area contributed by atoms with E-state index in [1.54, 1.807) is 0 Å². The first-order chi connectivity index (χ1) is 13.5. The van der Waals surface area contributed by atoms with E-state index in [9.17, 15) is 14.4 Å². The first kappa shape index (κ1) is 21.4. The van der Waals surface area contributed by atoms with Gasteiger partial charge in [-0.3, -0.25) is 9.59 Å². The van der Waals surface area contributed by atoms with Gasteiger partial charge in [-0.15, -0.1) is 11.6 Å². The molecule has 0 bridgehead atoms. The molecular formula is C21H23ClN2O4. The summed E-state index contributed by atoms with van der Waals surface area (Å²) >= 11 is 5.67. The number of alkyl halides is 1. The smallest absolute Gasteiger partial charge is 0.408 e. The van der Waals surface area contributed by atoms with Gasteiger partial charge in [0, 0.05) is 0 Å². The molecule has 0 heterocycles. The SMILES string of the molecule is C[C@H](NC(=O)OCc1ccccc1)C(=O)N[C@@H](Cc1ccccc1)C(=O)CCl. The molecule has 6 nitrogen and oxygen atoms in total. The van der Waals surface area contributed by atoms with Crippen LogP contribution in [0.1, 0.15) is 18.1 Å². The van der Waals surface area contributed by atoms with E-state index >= 15 is 0 Å². The average Bonchev–Trinajstić information content (AvgIpc) is 2.72. The van der Waals surface area contributed by atoms with Crippen molar-refractivity contribution in [2.75, 3.05) is 5.88 Å². The third-order valence-electron chi connectivity index (χ3n) is 4.06. The highest BCUT2D eigenvalue weighted by Gasteiger charge is 2.24. The summed E-state index contributed by atoms with van der Waals surface area (Å²) in [5, 5.41) is 5.11. The number of Topliss-reactive ketones (excluding diaryl/α,β-unsaturated/α-hetero) is 1. The summed E-state index contributed by atoms with van der Waals surface area (Å²) in [5.74, 6) is -0.993. The van der Waals surface area contributed by atoms with Crippen molar-refractivity contribution in [3.05, 3.63) is 71.8 Å². The minimum Gasteiger partial charge on any atom is -0.445 e. The molecule has 0 aliphatic heterocycles. The fourth-order valence-corrected chi connectivity index (χ4v) is 2.68. The fourth-order valence-electron chi connectivity index (χ4n) is 2.49. The van der Waals surface area contributed by atoms with Gasteiger partial charge in [-0.25, -0.2) is 4.79 Å². The van der Waals surface area contributed by atoms with Crippen LogP contribution in [0.5, 0.6) is 0 Å². The number of nitrogens with one attached hydrogen (secondary N) is 2. The molecule has 0 unspecified atom stereocenters. The summed E-state index contributed by atoms with van der Waals surface area (Å²) in [7, 11) is 0. The molecule has 2 aromatic carbocycles. The zero-order valence-electron chi connectivity index (χ0n) is 15.6. The standard InChI is InChI=1S/C21H23ClN2O4/c1-15(23-21(27)28-14-17-10-6-3-7-11-17)20(26)24-18(19(25)13-22)12-16-8-4-2-5-9-16/h2-11,15,18H,12-14H2,1H3,(H,23,27)(H,24,26)/t15-,18-/m0/s1. The Labute approximate surface area is 169 Å². The molecule has 0 fully saturated rings. The number of amides is 2. The van der Waals surface area contributed by atoms with E-state index in [2.05, 4.69) is 10.6 Å². The maximum atomic E-state index is 12.4. The van der Waals surface area contributed by atoms with Crippen LogP contribution in [-0.4, -0.2) is 35.7 Å². The fraction of sp³-hybridized carbons (Fsp3) is 0.286. The van der Waals surface area contributed by atoms with Crippen LogP contribution in [0.2, 0.25) is 0 Å². The van der Waals surface area contributed by atoms with Crippen molar-refractivity contribution in [2.24, 2.45) is 0 Å². The molecular weight excluding hydrogens is 380 g/mol. The predicted molar refractivity (Wildman–Crippen MR) is 107 cm³/mol. The highest BCUT2D eigenvalue weighted by atomic mass is 35.5. The molecule has 0 radical (unpaired) electrons. The Morgan fingerprint density at radius 2 is 1.50 bits per heavy atom. The molecule has 0 aliphatic rings. The summed E-state index contributed by atoms with van der Waals surface area (Å²) < 4.78 is 5.10. The Hall–Kier alpha value is -2.86. The molecule has 28 heavy (non-hydrogen) atoms. The van der Waals surface area contributed by atoms with Crippen LogP contribution in [0.4, 0.5) is 4.79 Å². The second kappa shape index (κ2) is 11.1. The second-order valence-electron chi connectivity index (χ2n) is 6.28. The summed E-state index contributed by atoms with van der Waals surface area (Å²) in [5.41, 5.74) is 1.74. The van der Waals surface area contributed by atoms with Gasteiger partial charge in [0.25, 0.3) is 0 Å². The van der Waals surface area contributed by atoms with Crippen molar-refractivity contribution in [1.29, 1.82) is 0 Å². The lowest BCUT2D eigenvalue weighted by atomic mass is 10.0. The van der Waals surface area contributed by atoms with Crippen LogP contribution in [0.15, 0.2) is 60.7 Å². The molecule has 0 spiro atoms. The summed E-state index contributed by atoms with van der Waals surface area (Å²) in [6.45, 7) is 1.62. The first-order valence-corrected chi connectivity index (χ1v) is 9.43. The minimum atomic E-state index is -0.871. The van der Waals surface area contributed by atoms with Crippen LogP contribution in [0.25, 0.3) is 0 Å². The molecule has 2 rings (SSSR count). The van der Waals surface area contributed by atoms with Gasteiger partial charge in [-0.1, -0.05) is 60.7 Å². The normalized spacial score (nSPS) is 12.5. The first-order valence-electron chi connectivity index (χ1n) is 8.89. The lowest BCUT2D eigenvalue weighted by Gasteiger charge is -2.20. The van der Waals surface area contributed by atoms with Crippen LogP contribution in [0, 0.1) is 0 Å². The van der Waals surface area contributed by atoms with E-state index in [1.807, 2.05) is 60.7 Å². The van der Waals surface area contributed by atoms with Gasteiger partial charge < -0.3 is 15.4 Å².